The molecular formula is C17H16N4O2S. The van der Waals surface area contributed by atoms with Crippen LogP contribution in [0, 0.1) is 11.8 Å². The molecule has 0 amide bonds. The maximum Gasteiger partial charge on any atom is 0.300 e. The molecule has 0 N–H and O–H groups in total. The molecule has 24 heavy (non-hydrogen) atoms. The van der Waals surface area contributed by atoms with E-state index in [4.69, 9.17) is 4.74 Å². The Morgan fingerprint density at radius 3 is 2.71 bits per heavy atom. The van der Waals surface area contributed by atoms with Crippen LogP contribution in [0.3, 0.4) is 0 Å². The van der Waals surface area contributed by atoms with Gasteiger partial charge in [0.25, 0.3) is 0 Å². The average Bonchev–Trinajstić information content (AvgIpc) is 3.01. The van der Waals surface area contributed by atoms with Crippen molar-refractivity contribution in [1.29, 1.82) is 0 Å². The van der Waals surface area contributed by atoms with Gasteiger partial charge < -0.3 is 4.74 Å². The Kier molecular flexibility index (Phi) is 4.87. The Balaban J connectivity index is 1.96. The first-order valence-electron chi connectivity index (χ1n) is 7.46. The summed E-state index contributed by atoms with van der Waals surface area (Å²) in [7, 11) is 0. The number of hydrogen-bond donors (Lipinski definition) is 0. The van der Waals surface area contributed by atoms with E-state index in [1.54, 1.807) is 28.3 Å². The van der Waals surface area contributed by atoms with Crippen molar-refractivity contribution in [3.63, 3.8) is 0 Å². The Bertz CT molecular complexity index is 964. The summed E-state index contributed by atoms with van der Waals surface area (Å²) in [4.78, 5) is 12.7. The van der Waals surface area contributed by atoms with Crippen molar-refractivity contribution in [2.24, 2.45) is 0 Å². The van der Waals surface area contributed by atoms with Crippen LogP contribution in [0.1, 0.15) is 13.8 Å². The Morgan fingerprint density at radius 1 is 1.21 bits per heavy atom. The predicted molar refractivity (Wildman–Crippen MR) is 93.9 cm³/mol. The fourth-order valence-electron chi connectivity index (χ4n) is 2.21. The Hall–Kier alpha value is -2.72. The summed E-state index contributed by atoms with van der Waals surface area (Å²) in [6, 6.07) is 7.35. The zero-order valence-corrected chi connectivity index (χ0v) is 14.2. The molecular weight excluding hydrogens is 324 g/mol. The molecule has 3 rings (SSSR count). The summed E-state index contributed by atoms with van der Waals surface area (Å²) in [6.07, 6.45) is 3.50. The number of fused-ring (bicyclic) bond motifs is 1. The molecule has 2 heterocycles. The third kappa shape index (κ3) is 3.14. The van der Waals surface area contributed by atoms with E-state index in [0.29, 0.717) is 23.2 Å². The largest absolute Gasteiger partial charge is 0.494 e. The first kappa shape index (κ1) is 16.1. The predicted octanol–water partition coefficient (Wildman–Crippen LogP) is 2.39. The molecule has 0 spiro atoms. The molecule has 0 aliphatic heterocycles. The van der Waals surface area contributed by atoms with Gasteiger partial charge in [0, 0.05) is 18.1 Å². The molecule has 0 saturated carbocycles. The van der Waals surface area contributed by atoms with Gasteiger partial charge in [-0.05, 0) is 38.1 Å². The SMILES string of the molecule is CC#CCSc1nnc2c(=O)n(-c3ccc(OCC)cc3)ccn12. The lowest BCUT2D eigenvalue weighted by Crippen LogP contribution is -2.20. The van der Waals surface area contributed by atoms with Crippen molar-refractivity contribution < 1.29 is 4.74 Å². The summed E-state index contributed by atoms with van der Waals surface area (Å²) < 4.78 is 8.65. The second kappa shape index (κ2) is 7.23. The van der Waals surface area contributed by atoms with Gasteiger partial charge in [0.2, 0.25) is 5.65 Å². The molecule has 0 fully saturated rings. The van der Waals surface area contributed by atoms with Gasteiger partial charge in [0.15, 0.2) is 5.16 Å². The maximum atomic E-state index is 12.7. The standard InChI is InChI=1S/C17H16N4O2S/c1-3-5-12-24-17-19-18-15-16(22)20(10-11-21(15)17)13-6-8-14(9-7-13)23-4-2/h6-11H,4,12H2,1-2H3. The summed E-state index contributed by atoms with van der Waals surface area (Å²) in [5.41, 5.74) is 0.820. The lowest BCUT2D eigenvalue weighted by atomic mass is 10.3. The van der Waals surface area contributed by atoms with E-state index >= 15 is 0 Å². The molecule has 3 aromatic rings. The molecule has 6 nitrogen and oxygen atoms in total. The van der Waals surface area contributed by atoms with Crippen molar-refractivity contribution in [2.75, 3.05) is 12.4 Å². The number of aromatic nitrogens is 4. The molecule has 0 aliphatic carbocycles. The molecule has 1 aromatic carbocycles. The molecule has 0 atom stereocenters. The molecule has 0 aliphatic rings. The van der Waals surface area contributed by atoms with Crippen LogP contribution in [-0.4, -0.2) is 31.5 Å². The summed E-state index contributed by atoms with van der Waals surface area (Å²) in [6.45, 7) is 4.32. The van der Waals surface area contributed by atoms with Gasteiger partial charge in [-0.1, -0.05) is 17.7 Å². The van der Waals surface area contributed by atoms with Crippen molar-refractivity contribution in [1.82, 2.24) is 19.2 Å². The number of ether oxygens (including phenoxy) is 1. The minimum Gasteiger partial charge on any atom is -0.494 e. The van der Waals surface area contributed by atoms with E-state index in [9.17, 15) is 4.79 Å². The van der Waals surface area contributed by atoms with Crippen molar-refractivity contribution in [3.05, 3.63) is 47.0 Å². The van der Waals surface area contributed by atoms with Gasteiger partial charge >= 0.3 is 5.56 Å². The van der Waals surface area contributed by atoms with Gasteiger partial charge in [-0.25, -0.2) is 0 Å². The minimum atomic E-state index is -0.220. The van der Waals surface area contributed by atoms with Crippen LogP contribution in [0.5, 0.6) is 5.75 Å². The van der Waals surface area contributed by atoms with Crippen molar-refractivity contribution >= 4 is 17.4 Å². The third-order valence-electron chi connectivity index (χ3n) is 3.32. The molecule has 122 valence electrons. The fourth-order valence-corrected chi connectivity index (χ4v) is 2.94. The zero-order valence-electron chi connectivity index (χ0n) is 13.4. The number of nitrogens with zero attached hydrogens (tertiary/aromatic N) is 4. The summed E-state index contributed by atoms with van der Waals surface area (Å²) in [5.74, 6) is 7.17. The number of benzene rings is 1. The summed E-state index contributed by atoms with van der Waals surface area (Å²) in [5, 5.41) is 8.75. The first-order valence-corrected chi connectivity index (χ1v) is 8.45. The van der Waals surface area contributed by atoms with Crippen LogP contribution in [-0.2, 0) is 0 Å². The van der Waals surface area contributed by atoms with Gasteiger partial charge in [-0.15, -0.1) is 16.1 Å². The number of rotatable bonds is 5. The van der Waals surface area contributed by atoms with E-state index < -0.39 is 0 Å². The van der Waals surface area contributed by atoms with E-state index in [0.717, 1.165) is 11.4 Å². The minimum absolute atomic E-state index is 0.220. The molecule has 0 radical (unpaired) electrons. The monoisotopic (exact) mass is 340 g/mol. The second-order valence-electron chi connectivity index (χ2n) is 4.79. The highest BCUT2D eigenvalue weighted by Crippen LogP contribution is 2.17. The molecule has 7 heteroatoms. The summed E-state index contributed by atoms with van der Waals surface area (Å²) >= 11 is 1.45. The van der Waals surface area contributed by atoms with Crippen molar-refractivity contribution in [3.8, 4) is 23.3 Å². The van der Waals surface area contributed by atoms with Crippen LogP contribution in [0.4, 0.5) is 0 Å². The number of thioether (sulfide) groups is 1. The quantitative estimate of drug-likeness (QED) is 0.527. The van der Waals surface area contributed by atoms with Crippen LogP contribution in [0.2, 0.25) is 0 Å². The van der Waals surface area contributed by atoms with Crippen molar-refractivity contribution in [2.45, 2.75) is 19.0 Å². The normalized spacial score (nSPS) is 10.4. The van der Waals surface area contributed by atoms with Crippen LogP contribution in [0.15, 0.2) is 46.6 Å². The van der Waals surface area contributed by atoms with E-state index in [1.165, 1.54) is 11.8 Å². The van der Waals surface area contributed by atoms with E-state index in [2.05, 4.69) is 22.0 Å². The Morgan fingerprint density at radius 2 is 2.00 bits per heavy atom. The molecule has 2 aromatic heterocycles. The maximum absolute atomic E-state index is 12.7. The Labute approximate surface area is 143 Å². The number of hydrogen-bond acceptors (Lipinski definition) is 5. The molecule has 0 bridgehead atoms. The zero-order chi connectivity index (χ0) is 16.9. The third-order valence-corrected chi connectivity index (χ3v) is 4.14. The van der Waals surface area contributed by atoms with Gasteiger partial charge in [0.05, 0.1) is 12.4 Å². The lowest BCUT2D eigenvalue weighted by Gasteiger charge is -2.08. The topological polar surface area (TPSA) is 61.4 Å². The first-order chi connectivity index (χ1) is 11.7. The average molecular weight is 340 g/mol. The highest BCUT2D eigenvalue weighted by molar-refractivity contribution is 7.99. The van der Waals surface area contributed by atoms with E-state index in [1.807, 2.05) is 31.2 Å². The molecule has 0 saturated heterocycles. The van der Waals surface area contributed by atoms with Crippen LogP contribution >= 0.6 is 11.8 Å². The fraction of sp³-hybridized carbons (Fsp3) is 0.235. The van der Waals surface area contributed by atoms with Crippen LogP contribution < -0.4 is 10.3 Å². The molecule has 0 unspecified atom stereocenters. The van der Waals surface area contributed by atoms with Gasteiger partial charge in [-0.2, -0.15) is 0 Å². The van der Waals surface area contributed by atoms with Gasteiger partial charge in [-0.3, -0.25) is 13.8 Å². The van der Waals surface area contributed by atoms with Gasteiger partial charge in [0.1, 0.15) is 5.75 Å². The smallest absolute Gasteiger partial charge is 0.300 e. The highest BCUT2D eigenvalue weighted by atomic mass is 32.2. The highest BCUT2D eigenvalue weighted by Gasteiger charge is 2.11. The lowest BCUT2D eigenvalue weighted by molar-refractivity contribution is 0.340. The van der Waals surface area contributed by atoms with E-state index in [-0.39, 0.29) is 5.56 Å². The van der Waals surface area contributed by atoms with Crippen LogP contribution in [0.25, 0.3) is 11.3 Å². The second-order valence-corrected chi connectivity index (χ2v) is 5.73.